The number of rotatable bonds is 2. The second-order valence-corrected chi connectivity index (χ2v) is 4.87. The Balaban J connectivity index is 2.45. The van der Waals surface area contributed by atoms with Gasteiger partial charge in [0.05, 0.1) is 5.69 Å². The van der Waals surface area contributed by atoms with Crippen LogP contribution in [0.5, 0.6) is 0 Å². The number of hydrogen-bond donors (Lipinski definition) is 0. The number of nitrogens with zero attached hydrogens (tertiary/aromatic N) is 1. The summed E-state index contributed by atoms with van der Waals surface area (Å²) in [6, 6.07) is 14.1. The molecule has 0 saturated carbocycles. The third-order valence-corrected chi connectivity index (χ3v) is 3.16. The molecule has 2 aromatic rings. The number of halogens is 1. The van der Waals surface area contributed by atoms with Gasteiger partial charge in [0.15, 0.2) is 0 Å². The lowest BCUT2D eigenvalue weighted by molar-refractivity contribution is 1.29. The maximum absolute atomic E-state index is 6.27. The van der Waals surface area contributed by atoms with Crippen LogP contribution in [0.25, 0.3) is 0 Å². The van der Waals surface area contributed by atoms with E-state index in [0.717, 1.165) is 22.4 Å². The molecule has 0 amide bonds. The molecule has 0 heterocycles. The fourth-order valence-electron chi connectivity index (χ4n) is 2.09. The minimum Gasteiger partial charge on any atom is -0.236 e. The Labute approximate surface area is 113 Å². The Bertz CT molecular complexity index is 562. The quantitative estimate of drug-likeness (QED) is 0.677. The highest BCUT2D eigenvalue weighted by Crippen LogP contribution is 2.26. The molecule has 0 saturated heterocycles. The second-order valence-electron chi connectivity index (χ2n) is 4.52. The van der Waals surface area contributed by atoms with Gasteiger partial charge in [0, 0.05) is 5.56 Å². The number of benzene rings is 2. The molecule has 0 fully saturated rings. The summed E-state index contributed by atoms with van der Waals surface area (Å²) >= 11 is 6.27. The van der Waals surface area contributed by atoms with Gasteiger partial charge in [-0.1, -0.05) is 59.6 Å². The van der Waals surface area contributed by atoms with Crippen molar-refractivity contribution in [3.63, 3.8) is 0 Å². The van der Waals surface area contributed by atoms with Crippen LogP contribution < -0.4 is 0 Å². The van der Waals surface area contributed by atoms with E-state index in [1.165, 1.54) is 5.56 Å². The third-order valence-electron chi connectivity index (χ3n) is 2.86. The first-order chi connectivity index (χ1) is 8.58. The van der Waals surface area contributed by atoms with Crippen molar-refractivity contribution in [1.29, 1.82) is 0 Å². The van der Waals surface area contributed by atoms with Crippen molar-refractivity contribution in [3.05, 3.63) is 64.7 Å². The molecule has 0 unspecified atom stereocenters. The van der Waals surface area contributed by atoms with E-state index < -0.39 is 0 Å². The van der Waals surface area contributed by atoms with Gasteiger partial charge >= 0.3 is 0 Å². The minimum absolute atomic E-state index is 0.533. The predicted octanol–water partition coefficient (Wildman–Crippen LogP) is 4.93. The maximum Gasteiger partial charge on any atom is 0.136 e. The molecule has 92 valence electrons. The van der Waals surface area contributed by atoms with Crippen LogP contribution >= 0.6 is 11.6 Å². The third kappa shape index (κ3) is 2.80. The molecular weight excluding hydrogens is 242 g/mol. The Morgan fingerprint density at radius 1 is 0.944 bits per heavy atom. The topological polar surface area (TPSA) is 12.4 Å². The smallest absolute Gasteiger partial charge is 0.136 e. The number of aliphatic imine (C=N–C) groups is 1. The van der Waals surface area contributed by atoms with Gasteiger partial charge in [-0.25, -0.2) is 4.99 Å². The van der Waals surface area contributed by atoms with E-state index in [1.54, 1.807) is 0 Å². The molecule has 0 aromatic heterocycles. The lowest BCUT2D eigenvalue weighted by atomic mass is 10.1. The van der Waals surface area contributed by atoms with Crippen molar-refractivity contribution >= 4 is 22.5 Å². The van der Waals surface area contributed by atoms with Crippen LogP contribution in [-0.2, 0) is 0 Å². The SMILES string of the molecule is Cc1cc(C)c(N=C(Cl)c2ccccc2)c(C)c1. The van der Waals surface area contributed by atoms with Gasteiger partial charge in [0.25, 0.3) is 0 Å². The van der Waals surface area contributed by atoms with Crippen LogP contribution in [0.2, 0.25) is 0 Å². The molecule has 0 N–H and O–H groups in total. The average molecular weight is 258 g/mol. The molecule has 2 aromatic carbocycles. The van der Waals surface area contributed by atoms with Gasteiger partial charge in [-0.15, -0.1) is 0 Å². The Kier molecular flexibility index (Phi) is 3.83. The van der Waals surface area contributed by atoms with Gasteiger partial charge in [0.2, 0.25) is 0 Å². The standard InChI is InChI=1S/C16H16ClN/c1-11-9-12(2)15(13(3)10-11)18-16(17)14-7-5-4-6-8-14/h4-10H,1-3H3. The highest BCUT2D eigenvalue weighted by molar-refractivity contribution is 6.69. The first-order valence-electron chi connectivity index (χ1n) is 5.95. The monoisotopic (exact) mass is 257 g/mol. The molecule has 0 radical (unpaired) electrons. The summed E-state index contributed by atoms with van der Waals surface area (Å²) in [4.78, 5) is 4.55. The Hall–Kier alpha value is -1.60. The number of aryl methyl sites for hydroxylation is 3. The molecule has 0 bridgehead atoms. The fourth-order valence-corrected chi connectivity index (χ4v) is 2.30. The molecule has 0 aliphatic carbocycles. The van der Waals surface area contributed by atoms with Crippen molar-refractivity contribution in [1.82, 2.24) is 0 Å². The lowest BCUT2D eigenvalue weighted by Crippen LogP contribution is -1.91. The van der Waals surface area contributed by atoms with Gasteiger partial charge in [-0.05, 0) is 31.9 Å². The van der Waals surface area contributed by atoms with Crippen LogP contribution in [-0.4, -0.2) is 5.17 Å². The fraction of sp³-hybridized carbons (Fsp3) is 0.188. The molecular formula is C16H16ClN. The summed E-state index contributed by atoms with van der Waals surface area (Å²) in [6.45, 7) is 6.22. The molecule has 0 spiro atoms. The normalized spacial score (nSPS) is 11.7. The zero-order valence-electron chi connectivity index (χ0n) is 10.9. The van der Waals surface area contributed by atoms with Crippen molar-refractivity contribution in [2.75, 3.05) is 0 Å². The van der Waals surface area contributed by atoms with Gasteiger partial charge < -0.3 is 0 Å². The Morgan fingerprint density at radius 2 is 1.50 bits per heavy atom. The molecule has 0 aliphatic heterocycles. The average Bonchev–Trinajstić information content (AvgIpc) is 2.34. The van der Waals surface area contributed by atoms with E-state index in [4.69, 9.17) is 11.6 Å². The summed E-state index contributed by atoms with van der Waals surface area (Å²) in [5.74, 6) is 0. The molecule has 0 aliphatic rings. The predicted molar refractivity (Wildman–Crippen MR) is 79.1 cm³/mol. The summed E-state index contributed by atoms with van der Waals surface area (Å²) in [7, 11) is 0. The van der Waals surface area contributed by atoms with Crippen LogP contribution in [0.4, 0.5) is 5.69 Å². The first-order valence-corrected chi connectivity index (χ1v) is 6.33. The zero-order valence-corrected chi connectivity index (χ0v) is 11.6. The van der Waals surface area contributed by atoms with Gasteiger partial charge in [-0.3, -0.25) is 0 Å². The van der Waals surface area contributed by atoms with Crippen molar-refractivity contribution in [2.45, 2.75) is 20.8 Å². The van der Waals surface area contributed by atoms with Gasteiger partial charge in [-0.2, -0.15) is 0 Å². The second kappa shape index (κ2) is 5.36. The van der Waals surface area contributed by atoms with Crippen LogP contribution in [0.3, 0.4) is 0 Å². The van der Waals surface area contributed by atoms with Crippen molar-refractivity contribution in [2.24, 2.45) is 4.99 Å². The molecule has 2 heteroatoms. The van der Waals surface area contributed by atoms with Crippen LogP contribution in [0.15, 0.2) is 47.5 Å². The molecule has 1 nitrogen and oxygen atoms in total. The van der Waals surface area contributed by atoms with Crippen molar-refractivity contribution in [3.8, 4) is 0 Å². The molecule has 2 rings (SSSR count). The number of hydrogen-bond acceptors (Lipinski definition) is 1. The van der Waals surface area contributed by atoms with E-state index in [9.17, 15) is 0 Å². The highest BCUT2D eigenvalue weighted by atomic mass is 35.5. The summed E-state index contributed by atoms with van der Waals surface area (Å²) in [5.41, 5.74) is 5.47. The highest BCUT2D eigenvalue weighted by Gasteiger charge is 2.05. The maximum atomic E-state index is 6.27. The van der Waals surface area contributed by atoms with E-state index in [1.807, 2.05) is 30.3 Å². The van der Waals surface area contributed by atoms with E-state index in [0.29, 0.717) is 5.17 Å². The lowest BCUT2D eigenvalue weighted by Gasteiger charge is -2.07. The van der Waals surface area contributed by atoms with E-state index in [-0.39, 0.29) is 0 Å². The van der Waals surface area contributed by atoms with Crippen molar-refractivity contribution < 1.29 is 0 Å². The Morgan fingerprint density at radius 3 is 2.06 bits per heavy atom. The summed E-state index contributed by atoms with van der Waals surface area (Å²) in [5, 5.41) is 0.533. The molecule has 0 atom stereocenters. The van der Waals surface area contributed by atoms with Crippen LogP contribution in [0.1, 0.15) is 22.3 Å². The summed E-state index contributed by atoms with van der Waals surface area (Å²) < 4.78 is 0. The van der Waals surface area contributed by atoms with Crippen LogP contribution in [0, 0.1) is 20.8 Å². The van der Waals surface area contributed by atoms with E-state index >= 15 is 0 Å². The summed E-state index contributed by atoms with van der Waals surface area (Å²) in [6.07, 6.45) is 0. The first kappa shape index (κ1) is 12.8. The molecule has 18 heavy (non-hydrogen) atoms. The van der Waals surface area contributed by atoms with Gasteiger partial charge in [0.1, 0.15) is 5.17 Å². The largest absolute Gasteiger partial charge is 0.236 e. The minimum atomic E-state index is 0.533. The van der Waals surface area contributed by atoms with E-state index in [2.05, 4.69) is 37.9 Å². The zero-order chi connectivity index (χ0) is 13.1.